The van der Waals surface area contributed by atoms with Crippen molar-refractivity contribution in [2.24, 2.45) is 5.10 Å². The van der Waals surface area contributed by atoms with Crippen LogP contribution in [0.1, 0.15) is 11.8 Å². The zero-order chi connectivity index (χ0) is 20.5. The average Bonchev–Trinajstić information content (AvgIpc) is 3.25. The Morgan fingerprint density at radius 3 is 2.62 bits per heavy atom. The zero-order valence-corrected chi connectivity index (χ0v) is 15.1. The van der Waals surface area contributed by atoms with E-state index in [2.05, 4.69) is 25.5 Å². The predicted octanol–water partition coefficient (Wildman–Crippen LogP) is -0.952. The second kappa shape index (κ2) is 7.60. The molecule has 12 nitrogen and oxygen atoms in total. The number of rotatable bonds is 5. The van der Waals surface area contributed by atoms with E-state index in [9.17, 15) is 15.3 Å². The largest absolute Gasteiger partial charge is 0.399 e. The summed E-state index contributed by atoms with van der Waals surface area (Å²) >= 11 is 0. The molecule has 29 heavy (non-hydrogen) atoms. The van der Waals surface area contributed by atoms with Crippen LogP contribution in [-0.2, 0) is 4.74 Å². The molecule has 1 aromatic carbocycles. The number of anilines is 3. The summed E-state index contributed by atoms with van der Waals surface area (Å²) in [6, 6.07) is 7.11. The maximum absolute atomic E-state index is 10.3. The van der Waals surface area contributed by atoms with Gasteiger partial charge in [0.25, 0.3) is 0 Å². The Kier molecular flexibility index (Phi) is 4.98. The van der Waals surface area contributed by atoms with Crippen LogP contribution in [0.3, 0.4) is 0 Å². The van der Waals surface area contributed by atoms with Crippen LogP contribution in [0.5, 0.6) is 0 Å². The maximum atomic E-state index is 10.3. The monoisotopic (exact) mass is 400 g/mol. The number of nitrogens with zero attached hydrogens (tertiary/aromatic N) is 5. The molecular formula is C17H20N8O4. The summed E-state index contributed by atoms with van der Waals surface area (Å²) in [5, 5.41) is 33.6. The van der Waals surface area contributed by atoms with Gasteiger partial charge in [-0.2, -0.15) is 15.1 Å². The fourth-order valence-corrected chi connectivity index (χ4v) is 3.03. The Morgan fingerprint density at radius 1 is 1.17 bits per heavy atom. The molecule has 152 valence electrons. The number of imidazole rings is 1. The van der Waals surface area contributed by atoms with Crippen molar-refractivity contribution in [3.63, 3.8) is 0 Å². The second-order valence-electron chi connectivity index (χ2n) is 6.52. The fourth-order valence-electron chi connectivity index (χ4n) is 3.03. The predicted molar refractivity (Wildman–Crippen MR) is 105 cm³/mol. The third-order valence-corrected chi connectivity index (χ3v) is 4.55. The van der Waals surface area contributed by atoms with Crippen molar-refractivity contribution < 1.29 is 20.1 Å². The summed E-state index contributed by atoms with van der Waals surface area (Å²) in [5.41, 5.74) is 16.3. The van der Waals surface area contributed by atoms with Gasteiger partial charge in [0.15, 0.2) is 17.7 Å². The van der Waals surface area contributed by atoms with Gasteiger partial charge in [0, 0.05) is 5.69 Å². The molecule has 3 aromatic rings. The van der Waals surface area contributed by atoms with E-state index in [1.165, 1.54) is 10.9 Å². The molecule has 0 spiro atoms. The van der Waals surface area contributed by atoms with E-state index in [-0.39, 0.29) is 17.4 Å². The van der Waals surface area contributed by atoms with Crippen LogP contribution < -0.4 is 16.9 Å². The summed E-state index contributed by atoms with van der Waals surface area (Å²) in [4.78, 5) is 12.6. The highest BCUT2D eigenvalue weighted by Gasteiger charge is 2.44. The number of aliphatic hydroxyl groups excluding tert-OH is 3. The second-order valence-corrected chi connectivity index (χ2v) is 6.52. The third-order valence-electron chi connectivity index (χ3n) is 4.55. The van der Waals surface area contributed by atoms with E-state index in [0.29, 0.717) is 11.2 Å². The summed E-state index contributed by atoms with van der Waals surface area (Å²) in [6.45, 7) is -0.439. The summed E-state index contributed by atoms with van der Waals surface area (Å²) < 4.78 is 6.95. The van der Waals surface area contributed by atoms with Crippen LogP contribution >= 0.6 is 0 Å². The maximum Gasteiger partial charge on any atom is 0.247 e. The Bertz CT molecular complexity index is 1040. The molecule has 1 saturated heterocycles. The lowest BCUT2D eigenvalue weighted by Gasteiger charge is -2.16. The highest BCUT2D eigenvalue weighted by molar-refractivity contribution is 5.83. The smallest absolute Gasteiger partial charge is 0.247 e. The lowest BCUT2D eigenvalue weighted by atomic mass is 10.1. The number of hydrazone groups is 1. The minimum absolute atomic E-state index is 0.102. The Labute approximate surface area is 164 Å². The molecule has 3 heterocycles. The van der Waals surface area contributed by atoms with Crippen molar-refractivity contribution in [1.29, 1.82) is 0 Å². The summed E-state index contributed by atoms with van der Waals surface area (Å²) in [6.07, 6.45) is -1.50. The Hall–Kier alpha value is -3.32. The summed E-state index contributed by atoms with van der Waals surface area (Å²) in [7, 11) is 0. The molecule has 0 unspecified atom stereocenters. The van der Waals surface area contributed by atoms with Gasteiger partial charge in [0.05, 0.1) is 19.1 Å². The Balaban J connectivity index is 1.61. The van der Waals surface area contributed by atoms with E-state index >= 15 is 0 Å². The fraction of sp³-hybridized carbons (Fsp3) is 0.294. The molecule has 1 aliphatic rings. The summed E-state index contributed by atoms with van der Waals surface area (Å²) in [5.74, 6) is 0.209. The van der Waals surface area contributed by atoms with Gasteiger partial charge in [0.1, 0.15) is 23.8 Å². The standard InChI is InChI=1S/C17H20N8O4/c18-9-3-1-8(2-4-9)5-21-24-17-22-14(19)11-15(23-17)25(7-20-11)16-13(28)12(27)10(6-26)29-16/h1-5,7,10,12-13,16,26-28H,6,18H2,(H3,19,22,23,24)/t10-,12-,13-,16-/m1/s1. The zero-order valence-electron chi connectivity index (χ0n) is 15.1. The molecule has 1 fully saturated rings. The lowest BCUT2D eigenvalue weighted by molar-refractivity contribution is -0.0511. The van der Waals surface area contributed by atoms with Gasteiger partial charge < -0.3 is 31.5 Å². The number of benzene rings is 1. The molecule has 1 aliphatic heterocycles. The number of nitrogens with two attached hydrogens (primary N) is 2. The van der Waals surface area contributed by atoms with Gasteiger partial charge in [-0.15, -0.1) is 0 Å². The van der Waals surface area contributed by atoms with Crippen LogP contribution in [0.25, 0.3) is 11.2 Å². The number of fused-ring (bicyclic) bond motifs is 1. The average molecular weight is 400 g/mol. The van der Waals surface area contributed by atoms with Crippen LogP contribution in [0.4, 0.5) is 17.5 Å². The SMILES string of the molecule is Nc1ccc(C=NNc2nc(N)c3ncn([C@@H]4O[C@H](CO)[C@@H](O)[C@H]4O)c3n2)cc1. The van der Waals surface area contributed by atoms with Crippen molar-refractivity contribution >= 4 is 34.8 Å². The van der Waals surface area contributed by atoms with Crippen LogP contribution in [-0.4, -0.2) is 66.0 Å². The number of nitrogens with one attached hydrogen (secondary N) is 1. The van der Waals surface area contributed by atoms with Gasteiger partial charge in [-0.3, -0.25) is 4.57 Å². The highest BCUT2D eigenvalue weighted by Crippen LogP contribution is 2.32. The number of aliphatic hydroxyl groups is 3. The topological polar surface area (TPSA) is 190 Å². The molecule has 0 saturated carbocycles. The van der Waals surface area contributed by atoms with Crippen molar-refractivity contribution in [2.75, 3.05) is 23.5 Å². The third kappa shape index (κ3) is 3.56. The number of hydrogen-bond donors (Lipinski definition) is 6. The van der Waals surface area contributed by atoms with E-state index in [0.717, 1.165) is 5.56 Å². The van der Waals surface area contributed by atoms with Gasteiger partial charge in [-0.05, 0) is 17.7 Å². The quantitative estimate of drug-likeness (QED) is 0.177. The van der Waals surface area contributed by atoms with Crippen LogP contribution in [0.2, 0.25) is 0 Å². The van der Waals surface area contributed by atoms with Gasteiger partial charge in [0.2, 0.25) is 5.95 Å². The van der Waals surface area contributed by atoms with Crippen molar-refractivity contribution in [3.8, 4) is 0 Å². The van der Waals surface area contributed by atoms with Crippen molar-refractivity contribution in [3.05, 3.63) is 36.2 Å². The molecule has 2 aromatic heterocycles. The lowest BCUT2D eigenvalue weighted by Crippen LogP contribution is -2.33. The molecule has 0 radical (unpaired) electrons. The normalized spacial score (nSPS) is 24.5. The van der Waals surface area contributed by atoms with E-state index in [1.807, 2.05) is 0 Å². The van der Waals surface area contributed by atoms with Crippen molar-refractivity contribution in [1.82, 2.24) is 19.5 Å². The molecule has 8 N–H and O–H groups in total. The Morgan fingerprint density at radius 2 is 1.93 bits per heavy atom. The molecule has 4 rings (SSSR count). The van der Waals surface area contributed by atoms with E-state index in [1.54, 1.807) is 30.5 Å². The van der Waals surface area contributed by atoms with Crippen molar-refractivity contribution in [2.45, 2.75) is 24.5 Å². The first-order valence-electron chi connectivity index (χ1n) is 8.75. The number of hydrogen-bond acceptors (Lipinski definition) is 11. The van der Waals surface area contributed by atoms with Gasteiger partial charge >= 0.3 is 0 Å². The minimum atomic E-state index is -1.28. The molecule has 4 atom stereocenters. The van der Waals surface area contributed by atoms with Crippen LogP contribution in [0.15, 0.2) is 35.7 Å². The van der Waals surface area contributed by atoms with Crippen LogP contribution in [0, 0.1) is 0 Å². The molecule has 0 bridgehead atoms. The highest BCUT2D eigenvalue weighted by atomic mass is 16.6. The van der Waals surface area contributed by atoms with E-state index in [4.69, 9.17) is 16.2 Å². The minimum Gasteiger partial charge on any atom is -0.399 e. The van der Waals surface area contributed by atoms with Gasteiger partial charge in [-0.1, -0.05) is 12.1 Å². The first-order chi connectivity index (χ1) is 14.0. The number of nitrogen functional groups attached to an aromatic ring is 2. The first-order valence-corrected chi connectivity index (χ1v) is 8.75. The molecule has 12 heteroatoms. The van der Waals surface area contributed by atoms with E-state index < -0.39 is 31.1 Å². The molecule has 0 aliphatic carbocycles. The molecule has 0 amide bonds. The van der Waals surface area contributed by atoms with Gasteiger partial charge in [-0.25, -0.2) is 10.4 Å². The molecular weight excluding hydrogens is 380 g/mol. The number of aromatic nitrogens is 4. The number of ether oxygens (including phenoxy) is 1. The first kappa shape index (κ1) is 19.0.